The van der Waals surface area contributed by atoms with Crippen molar-refractivity contribution in [3.05, 3.63) is 28.8 Å². The van der Waals surface area contributed by atoms with Crippen molar-refractivity contribution in [3.8, 4) is 0 Å². The summed E-state index contributed by atoms with van der Waals surface area (Å²) >= 11 is 11.4. The summed E-state index contributed by atoms with van der Waals surface area (Å²) in [4.78, 5) is 7.38. The van der Waals surface area contributed by atoms with Crippen molar-refractivity contribution >= 4 is 39.0 Å². The Morgan fingerprint density at radius 3 is 2.61 bits per heavy atom. The lowest BCUT2D eigenvalue weighted by atomic mass is 10.6. The molecule has 0 bridgehead atoms. The fourth-order valence-electron chi connectivity index (χ4n) is 1.28. The maximum Gasteiger partial charge on any atom is 0.281 e. The van der Waals surface area contributed by atoms with Crippen LogP contribution in [0.1, 0.15) is 0 Å². The largest absolute Gasteiger partial charge is 0.281 e. The summed E-state index contributed by atoms with van der Waals surface area (Å²) < 4.78 is 27.5. The van der Waals surface area contributed by atoms with Gasteiger partial charge in [-0.25, -0.2) is 9.97 Å². The molecule has 0 aromatic carbocycles. The van der Waals surface area contributed by atoms with Gasteiger partial charge < -0.3 is 0 Å². The summed E-state index contributed by atoms with van der Waals surface area (Å²) in [5.41, 5.74) is 0. The van der Waals surface area contributed by atoms with Crippen LogP contribution in [0.2, 0.25) is 10.2 Å². The molecule has 2 heterocycles. The number of aromatic nitrogens is 4. The van der Waals surface area contributed by atoms with Crippen LogP contribution in [0.25, 0.3) is 0 Å². The van der Waals surface area contributed by atoms with Crippen molar-refractivity contribution in [2.24, 2.45) is 7.05 Å². The summed E-state index contributed by atoms with van der Waals surface area (Å²) in [5.74, 6) is 0.0484. The van der Waals surface area contributed by atoms with Gasteiger partial charge in [0, 0.05) is 13.1 Å². The summed E-state index contributed by atoms with van der Waals surface area (Å²) in [5, 5.41) is 3.74. The van der Waals surface area contributed by atoms with Crippen molar-refractivity contribution in [1.29, 1.82) is 0 Å². The second-order valence-corrected chi connectivity index (χ2v) is 5.64. The van der Waals surface area contributed by atoms with Gasteiger partial charge in [-0.3, -0.25) is 9.40 Å². The molecule has 0 aliphatic carbocycles. The van der Waals surface area contributed by atoms with Gasteiger partial charge in [0.15, 0.2) is 5.03 Å². The molecule has 2 aromatic heterocycles. The second-order valence-electron chi connectivity index (χ2n) is 3.25. The monoisotopic (exact) mass is 307 g/mol. The maximum absolute atomic E-state index is 12.1. The summed E-state index contributed by atoms with van der Waals surface area (Å²) in [6, 6.07) is 1.28. The highest BCUT2D eigenvalue weighted by molar-refractivity contribution is 7.92. The first-order valence-electron chi connectivity index (χ1n) is 4.58. The number of hydrogen-bond donors (Lipinski definition) is 1. The molecule has 0 aliphatic heterocycles. The number of hydrogen-bond acceptors (Lipinski definition) is 5. The third-order valence-electron chi connectivity index (χ3n) is 1.97. The zero-order valence-corrected chi connectivity index (χ0v) is 11.3. The first kappa shape index (κ1) is 13.1. The van der Waals surface area contributed by atoms with Gasteiger partial charge in [-0.05, 0) is 0 Å². The van der Waals surface area contributed by atoms with Gasteiger partial charge in [0.05, 0.1) is 11.2 Å². The molecule has 1 N–H and O–H groups in total. The lowest BCUT2D eigenvalue weighted by Crippen LogP contribution is -2.17. The normalized spacial score (nSPS) is 11.5. The van der Waals surface area contributed by atoms with E-state index in [1.54, 1.807) is 0 Å². The minimum absolute atomic E-state index is 0.0187. The van der Waals surface area contributed by atoms with Gasteiger partial charge in [0.25, 0.3) is 10.0 Å². The minimum Gasteiger partial charge on any atom is -0.262 e. The Bertz CT molecular complexity index is 665. The van der Waals surface area contributed by atoms with Crippen LogP contribution < -0.4 is 4.72 Å². The number of sulfonamides is 1. The van der Waals surface area contributed by atoms with Crippen LogP contribution >= 0.6 is 23.2 Å². The number of nitrogens with zero attached hydrogens (tertiary/aromatic N) is 4. The molecule has 2 rings (SSSR count). The van der Waals surface area contributed by atoms with E-state index in [0.717, 1.165) is 11.0 Å². The van der Waals surface area contributed by atoms with Crippen molar-refractivity contribution in [1.82, 2.24) is 19.7 Å². The summed E-state index contributed by atoms with van der Waals surface area (Å²) in [7, 11) is -2.41. The van der Waals surface area contributed by atoms with Crippen LogP contribution in [-0.2, 0) is 17.1 Å². The first-order valence-corrected chi connectivity index (χ1v) is 6.82. The van der Waals surface area contributed by atoms with Crippen molar-refractivity contribution in [3.63, 3.8) is 0 Å². The van der Waals surface area contributed by atoms with Crippen molar-refractivity contribution in [2.75, 3.05) is 4.72 Å². The molecule has 0 atom stereocenters. The Morgan fingerprint density at radius 2 is 2.06 bits per heavy atom. The van der Waals surface area contributed by atoms with Gasteiger partial charge in [0.1, 0.15) is 17.3 Å². The predicted octanol–water partition coefficient (Wildman–Crippen LogP) is 1.32. The van der Waals surface area contributed by atoms with E-state index in [9.17, 15) is 8.42 Å². The lowest BCUT2D eigenvalue weighted by Gasteiger charge is -2.07. The Labute approximate surface area is 113 Å². The Hall–Kier alpha value is -1.38. The third-order valence-corrected chi connectivity index (χ3v) is 4.04. The molecule has 0 unspecified atom stereocenters. The van der Waals surface area contributed by atoms with Crippen LogP contribution in [0.4, 0.5) is 5.82 Å². The number of anilines is 1. The number of aryl methyl sites for hydroxylation is 1. The topological polar surface area (TPSA) is 89.8 Å². The van der Waals surface area contributed by atoms with E-state index in [4.69, 9.17) is 23.2 Å². The number of nitrogens with one attached hydrogen (secondary N) is 1. The highest BCUT2D eigenvalue weighted by Crippen LogP contribution is 2.22. The number of halogens is 2. The van der Waals surface area contributed by atoms with Gasteiger partial charge in [0.2, 0.25) is 0 Å². The molecule has 0 saturated heterocycles. The molecule has 0 aliphatic rings. The molecule has 7 nitrogen and oxygen atoms in total. The second kappa shape index (κ2) is 4.71. The zero-order chi connectivity index (χ0) is 13.3. The lowest BCUT2D eigenvalue weighted by molar-refractivity contribution is 0.582. The fraction of sp³-hybridized carbons (Fsp3) is 0.125. The highest BCUT2D eigenvalue weighted by Gasteiger charge is 2.23. The first-order chi connectivity index (χ1) is 8.40. The van der Waals surface area contributed by atoms with Crippen molar-refractivity contribution < 1.29 is 8.42 Å². The fourth-order valence-corrected chi connectivity index (χ4v) is 3.08. The molecule has 0 amide bonds. The summed E-state index contributed by atoms with van der Waals surface area (Å²) in [6.07, 6.45) is 2.38. The van der Waals surface area contributed by atoms with Gasteiger partial charge >= 0.3 is 0 Å². The van der Waals surface area contributed by atoms with E-state index in [1.807, 2.05) is 0 Å². The van der Waals surface area contributed by atoms with Crippen LogP contribution in [0.3, 0.4) is 0 Å². The SMILES string of the molecule is Cn1ncc(Cl)c1S(=O)(=O)Nc1cc(Cl)ncn1. The molecule has 0 radical (unpaired) electrons. The smallest absolute Gasteiger partial charge is 0.262 e. The highest BCUT2D eigenvalue weighted by atomic mass is 35.5. The van der Waals surface area contributed by atoms with Crippen LogP contribution in [-0.4, -0.2) is 28.2 Å². The van der Waals surface area contributed by atoms with Crippen LogP contribution in [0.15, 0.2) is 23.6 Å². The minimum atomic E-state index is -3.88. The molecule has 0 fully saturated rings. The molecule has 18 heavy (non-hydrogen) atoms. The van der Waals surface area contributed by atoms with E-state index in [1.165, 1.54) is 19.3 Å². The Kier molecular flexibility index (Phi) is 3.42. The molecule has 10 heteroatoms. The molecule has 96 valence electrons. The number of rotatable bonds is 3. The van der Waals surface area contributed by atoms with Crippen LogP contribution in [0, 0.1) is 0 Å². The van der Waals surface area contributed by atoms with Crippen LogP contribution in [0.5, 0.6) is 0 Å². The molecular weight excluding hydrogens is 301 g/mol. The van der Waals surface area contributed by atoms with E-state index in [2.05, 4.69) is 19.8 Å². The maximum atomic E-state index is 12.1. The quantitative estimate of drug-likeness (QED) is 0.864. The molecule has 0 spiro atoms. The molecule has 0 saturated carbocycles. The van der Waals surface area contributed by atoms with Gasteiger partial charge in [-0.2, -0.15) is 13.5 Å². The van der Waals surface area contributed by atoms with E-state index in [0.29, 0.717) is 0 Å². The Morgan fingerprint density at radius 1 is 1.33 bits per heavy atom. The van der Waals surface area contributed by atoms with Gasteiger partial charge in [-0.1, -0.05) is 23.2 Å². The third kappa shape index (κ3) is 2.55. The Balaban J connectivity index is 2.39. The standard InChI is InChI=1S/C8H7Cl2N5O2S/c1-15-8(5(9)3-13-15)18(16,17)14-7-2-6(10)11-4-12-7/h2-4H,1H3,(H,11,12,14). The molecule has 2 aromatic rings. The zero-order valence-electron chi connectivity index (χ0n) is 9.00. The van der Waals surface area contributed by atoms with E-state index >= 15 is 0 Å². The average molecular weight is 308 g/mol. The van der Waals surface area contributed by atoms with Gasteiger partial charge in [-0.15, -0.1) is 0 Å². The predicted molar refractivity (Wildman–Crippen MR) is 66.1 cm³/mol. The van der Waals surface area contributed by atoms with E-state index in [-0.39, 0.29) is 21.0 Å². The van der Waals surface area contributed by atoms with E-state index < -0.39 is 10.0 Å². The summed E-state index contributed by atoms with van der Waals surface area (Å²) in [6.45, 7) is 0. The average Bonchev–Trinajstić information content (AvgIpc) is 2.58. The molecular formula is C8H7Cl2N5O2S. The van der Waals surface area contributed by atoms with Crippen molar-refractivity contribution in [2.45, 2.75) is 5.03 Å².